The molecule has 2 heterocycles. The van der Waals surface area contributed by atoms with Crippen molar-refractivity contribution < 1.29 is 37.9 Å². The molecule has 0 N–H and O–H groups in total. The normalized spacial score (nSPS) is 24.3. The number of ether oxygens (including phenoxy) is 8. The minimum atomic E-state index is -0.725. The number of hydrogen-bond donors (Lipinski definition) is 0. The molecule has 8 nitrogen and oxygen atoms in total. The Bertz CT molecular complexity index is 1390. The van der Waals surface area contributed by atoms with Crippen LogP contribution in [0.4, 0.5) is 0 Å². The largest absolute Gasteiger partial charge is 0.351 e. The summed E-state index contributed by atoms with van der Waals surface area (Å²) in [5, 5.41) is 0. The number of rotatable bonds is 16. The van der Waals surface area contributed by atoms with Gasteiger partial charge in [0.15, 0.2) is 12.6 Å². The summed E-state index contributed by atoms with van der Waals surface area (Å²) in [6.07, 6.45) is -1.73. The highest BCUT2D eigenvalue weighted by Gasteiger charge is 2.52. The fraction of sp³-hybridized carbons (Fsp3) is 0.368. The van der Waals surface area contributed by atoms with Crippen LogP contribution >= 0.6 is 0 Å². The third-order valence-corrected chi connectivity index (χ3v) is 8.00. The summed E-state index contributed by atoms with van der Waals surface area (Å²) in [4.78, 5) is 0. The molecule has 0 bridgehead atoms. The molecule has 0 aliphatic carbocycles. The lowest BCUT2D eigenvalue weighted by Crippen LogP contribution is -2.64. The first kappa shape index (κ1) is 32.5. The average molecular weight is 627 g/mol. The molecule has 0 radical (unpaired) electrons. The van der Waals surface area contributed by atoms with E-state index < -0.39 is 37.0 Å². The lowest BCUT2D eigenvalue weighted by Gasteiger charge is -2.48. The van der Waals surface area contributed by atoms with Crippen LogP contribution in [0.2, 0.25) is 0 Å². The fourth-order valence-electron chi connectivity index (χ4n) is 5.67. The molecule has 8 heteroatoms. The second kappa shape index (κ2) is 17.5. The fourth-order valence-corrected chi connectivity index (χ4v) is 5.67. The van der Waals surface area contributed by atoms with Crippen molar-refractivity contribution in [3.63, 3.8) is 0 Å². The lowest BCUT2D eigenvalue weighted by molar-refractivity contribution is -0.379. The Morgan fingerprint density at radius 3 is 1.72 bits per heavy atom. The lowest BCUT2D eigenvalue weighted by atomic mass is 9.97. The molecule has 242 valence electrons. The Kier molecular flexibility index (Phi) is 12.3. The molecule has 6 atom stereocenters. The molecule has 6 rings (SSSR count). The molecular formula is C38H42O8. The highest BCUT2D eigenvalue weighted by molar-refractivity contribution is 5.17. The van der Waals surface area contributed by atoms with Crippen molar-refractivity contribution >= 4 is 0 Å². The number of benzene rings is 4. The summed E-state index contributed by atoms with van der Waals surface area (Å²) in [7, 11) is 0. The Balaban J connectivity index is 1.15. The van der Waals surface area contributed by atoms with Crippen molar-refractivity contribution in [3.05, 3.63) is 144 Å². The molecule has 4 aromatic carbocycles. The molecule has 0 spiro atoms. The summed E-state index contributed by atoms with van der Waals surface area (Å²) in [6, 6.07) is 40.2. The van der Waals surface area contributed by atoms with E-state index in [2.05, 4.69) is 12.1 Å². The summed E-state index contributed by atoms with van der Waals surface area (Å²) >= 11 is 0. The topological polar surface area (TPSA) is 73.8 Å². The van der Waals surface area contributed by atoms with E-state index >= 15 is 0 Å². The first-order valence-corrected chi connectivity index (χ1v) is 15.9. The van der Waals surface area contributed by atoms with E-state index in [4.69, 9.17) is 37.9 Å². The van der Waals surface area contributed by atoms with Gasteiger partial charge in [0.25, 0.3) is 0 Å². The molecule has 0 amide bonds. The number of fused-ring (bicyclic) bond motifs is 1. The van der Waals surface area contributed by atoms with Gasteiger partial charge in [-0.05, 0) is 29.5 Å². The van der Waals surface area contributed by atoms with Crippen LogP contribution in [0.3, 0.4) is 0 Å². The van der Waals surface area contributed by atoms with Crippen molar-refractivity contribution in [3.8, 4) is 0 Å². The summed E-state index contributed by atoms with van der Waals surface area (Å²) in [5.41, 5.74) is 4.29. The third kappa shape index (κ3) is 9.31. The van der Waals surface area contributed by atoms with Crippen LogP contribution in [-0.4, -0.2) is 57.5 Å². The number of hydrogen-bond acceptors (Lipinski definition) is 8. The van der Waals surface area contributed by atoms with Crippen molar-refractivity contribution in [2.75, 3.05) is 26.8 Å². The maximum Gasteiger partial charge on any atom is 0.187 e. The predicted molar refractivity (Wildman–Crippen MR) is 171 cm³/mol. The Morgan fingerprint density at radius 1 is 0.565 bits per heavy atom. The molecule has 4 aromatic rings. The molecule has 0 aromatic heterocycles. The highest BCUT2D eigenvalue weighted by atomic mass is 16.8. The zero-order valence-electron chi connectivity index (χ0n) is 25.9. The zero-order chi connectivity index (χ0) is 31.2. The molecule has 46 heavy (non-hydrogen) atoms. The van der Waals surface area contributed by atoms with Gasteiger partial charge in [-0.1, -0.05) is 121 Å². The van der Waals surface area contributed by atoms with Gasteiger partial charge in [-0.25, -0.2) is 0 Å². The molecule has 2 saturated heterocycles. The monoisotopic (exact) mass is 626 g/mol. The molecule has 0 saturated carbocycles. The van der Waals surface area contributed by atoms with Gasteiger partial charge in [0.2, 0.25) is 0 Å². The van der Waals surface area contributed by atoms with Gasteiger partial charge in [0.05, 0.1) is 26.4 Å². The van der Waals surface area contributed by atoms with E-state index in [1.165, 1.54) is 5.56 Å². The van der Waals surface area contributed by atoms with Gasteiger partial charge in [-0.15, -0.1) is 0 Å². The first-order valence-electron chi connectivity index (χ1n) is 15.9. The van der Waals surface area contributed by atoms with Crippen molar-refractivity contribution in [1.29, 1.82) is 0 Å². The van der Waals surface area contributed by atoms with Gasteiger partial charge in [0, 0.05) is 5.56 Å². The van der Waals surface area contributed by atoms with Crippen molar-refractivity contribution in [1.82, 2.24) is 0 Å². The maximum absolute atomic E-state index is 6.54. The maximum atomic E-state index is 6.54. The first-order chi connectivity index (χ1) is 22.8. The second-order valence-electron chi connectivity index (χ2n) is 11.3. The van der Waals surface area contributed by atoms with E-state index in [0.717, 1.165) is 29.5 Å². The average Bonchev–Trinajstić information content (AvgIpc) is 3.12. The summed E-state index contributed by atoms with van der Waals surface area (Å²) < 4.78 is 50.2. The van der Waals surface area contributed by atoms with E-state index in [1.54, 1.807) is 0 Å². The van der Waals surface area contributed by atoms with Gasteiger partial charge in [-0.3, -0.25) is 0 Å². The van der Waals surface area contributed by atoms with Crippen LogP contribution in [0, 0.1) is 0 Å². The molecule has 4 unspecified atom stereocenters. The molecule has 2 aliphatic rings. The van der Waals surface area contributed by atoms with Crippen LogP contribution in [0.1, 0.15) is 35.0 Å². The Morgan fingerprint density at radius 2 is 1.11 bits per heavy atom. The summed E-state index contributed by atoms with van der Waals surface area (Å²) in [5.74, 6) is 0. The van der Waals surface area contributed by atoms with E-state index in [1.807, 2.05) is 109 Å². The third-order valence-electron chi connectivity index (χ3n) is 8.00. The van der Waals surface area contributed by atoms with Gasteiger partial charge >= 0.3 is 0 Å². The van der Waals surface area contributed by atoms with Crippen LogP contribution in [0.25, 0.3) is 0 Å². The molecule has 2 aliphatic heterocycles. The molecular weight excluding hydrogens is 584 g/mol. The molecule has 2 fully saturated rings. The van der Waals surface area contributed by atoms with E-state index in [-0.39, 0.29) is 13.6 Å². The SMILES string of the molecule is c1ccc(CCCO[C@@H]2OC3COC(c4ccccc4)O[C@H]3C(OCOCc3ccccc3)C2OCOCc2ccccc2)cc1. The van der Waals surface area contributed by atoms with Gasteiger partial charge in [-0.2, -0.15) is 0 Å². The number of aryl methyl sites for hydroxylation is 1. The minimum absolute atomic E-state index is 0.0214. The van der Waals surface area contributed by atoms with Crippen LogP contribution in [-0.2, 0) is 57.5 Å². The Hall–Kier alpha value is -3.44. The van der Waals surface area contributed by atoms with Crippen LogP contribution < -0.4 is 0 Å². The van der Waals surface area contributed by atoms with Crippen molar-refractivity contribution in [2.45, 2.75) is 63.1 Å². The quantitative estimate of drug-likeness (QED) is 0.102. The standard InChI is InChI=1S/C38H42O8/c1-5-14-29(15-6-1)20-13-23-41-38-36(44-28-40-25-31-18-9-3-10-19-31)35(43-27-39-24-30-16-7-2-8-17-30)34-33(45-38)26-42-37(46-34)32-21-11-4-12-22-32/h1-12,14-19,21-22,33-38H,13,20,23-28H2/t33?,34-,35?,36?,37?,38-/m1/s1. The van der Waals surface area contributed by atoms with Gasteiger partial charge in [0.1, 0.15) is 38.0 Å². The van der Waals surface area contributed by atoms with Gasteiger partial charge < -0.3 is 37.9 Å². The van der Waals surface area contributed by atoms with E-state index in [9.17, 15) is 0 Å². The Labute approximate surface area is 271 Å². The summed E-state index contributed by atoms with van der Waals surface area (Å²) in [6.45, 7) is 1.68. The zero-order valence-corrected chi connectivity index (χ0v) is 25.9. The van der Waals surface area contributed by atoms with E-state index in [0.29, 0.717) is 26.4 Å². The van der Waals surface area contributed by atoms with Crippen LogP contribution in [0.5, 0.6) is 0 Å². The van der Waals surface area contributed by atoms with Crippen molar-refractivity contribution in [2.24, 2.45) is 0 Å². The van der Waals surface area contributed by atoms with Crippen LogP contribution in [0.15, 0.2) is 121 Å². The second-order valence-corrected chi connectivity index (χ2v) is 11.3. The highest BCUT2D eigenvalue weighted by Crippen LogP contribution is 2.37. The smallest absolute Gasteiger partial charge is 0.187 e. The minimum Gasteiger partial charge on any atom is -0.351 e. The predicted octanol–water partition coefficient (Wildman–Crippen LogP) is 6.59.